The van der Waals surface area contributed by atoms with Crippen LogP contribution in [0.4, 0.5) is 4.39 Å². The largest absolute Gasteiger partial charge is 0.507 e. The van der Waals surface area contributed by atoms with Crippen molar-refractivity contribution in [2.45, 2.75) is 6.42 Å². The maximum atomic E-state index is 12.8. The average Bonchev–Trinajstić information content (AvgIpc) is 2.75. The van der Waals surface area contributed by atoms with E-state index in [0.29, 0.717) is 24.4 Å². The van der Waals surface area contributed by atoms with Gasteiger partial charge in [0.2, 0.25) is 0 Å². The Hall–Kier alpha value is -1.95. The van der Waals surface area contributed by atoms with Gasteiger partial charge in [0.1, 0.15) is 11.6 Å². The topological polar surface area (TPSA) is 68.4 Å². The van der Waals surface area contributed by atoms with Gasteiger partial charge in [-0.05, 0) is 12.1 Å². The zero-order valence-corrected chi connectivity index (χ0v) is 9.18. The molecule has 0 fully saturated rings. The van der Waals surface area contributed by atoms with Crippen LogP contribution in [0.25, 0.3) is 11.5 Å². The number of ether oxygens (including phenoxy) is 1. The first-order valence-corrected chi connectivity index (χ1v) is 5.01. The summed E-state index contributed by atoms with van der Waals surface area (Å²) < 4.78 is 22.6. The number of rotatable bonds is 4. The summed E-state index contributed by atoms with van der Waals surface area (Å²) in [7, 11) is 1.58. The molecule has 17 heavy (non-hydrogen) atoms. The fourth-order valence-corrected chi connectivity index (χ4v) is 1.34. The van der Waals surface area contributed by atoms with Gasteiger partial charge in [-0.3, -0.25) is 0 Å². The fraction of sp³-hybridized carbons (Fsp3) is 0.273. The summed E-state index contributed by atoms with van der Waals surface area (Å²) in [4.78, 5) is 4.07. The van der Waals surface area contributed by atoms with Crippen LogP contribution in [0.1, 0.15) is 5.82 Å². The van der Waals surface area contributed by atoms with E-state index in [9.17, 15) is 9.50 Å². The molecule has 1 aromatic heterocycles. The van der Waals surface area contributed by atoms with E-state index in [0.717, 1.165) is 6.07 Å². The smallest absolute Gasteiger partial charge is 0.261 e. The molecule has 0 atom stereocenters. The molecule has 0 aliphatic heterocycles. The van der Waals surface area contributed by atoms with Crippen molar-refractivity contribution in [3.63, 3.8) is 0 Å². The van der Waals surface area contributed by atoms with Crippen LogP contribution in [0, 0.1) is 5.82 Å². The zero-order chi connectivity index (χ0) is 12.3. The minimum absolute atomic E-state index is 0.161. The summed E-state index contributed by atoms with van der Waals surface area (Å²) in [6.45, 7) is 0.481. The van der Waals surface area contributed by atoms with Crippen LogP contribution in [0.5, 0.6) is 5.75 Å². The number of halogens is 1. The van der Waals surface area contributed by atoms with E-state index in [1.807, 2.05) is 0 Å². The van der Waals surface area contributed by atoms with Crippen LogP contribution in [0.3, 0.4) is 0 Å². The monoisotopic (exact) mass is 238 g/mol. The molecule has 0 aliphatic carbocycles. The Balaban J connectivity index is 2.24. The summed E-state index contributed by atoms with van der Waals surface area (Å²) in [6.07, 6.45) is 0.516. The third kappa shape index (κ3) is 2.59. The van der Waals surface area contributed by atoms with Crippen molar-refractivity contribution in [2.24, 2.45) is 0 Å². The molecule has 1 N–H and O–H groups in total. The van der Waals surface area contributed by atoms with E-state index < -0.39 is 5.82 Å². The second-order valence-electron chi connectivity index (χ2n) is 3.42. The van der Waals surface area contributed by atoms with Crippen LogP contribution < -0.4 is 0 Å². The van der Waals surface area contributed by atoms with Crippen molar-refractivity contribution in [3.8, 4) is 17.2 Å². The molecule has 90 valence electrons. The third-order valence-corrected chi connectivity index (χ3v) is 2.19. The van der Waals surface area contributed by atoms with E-state index >= 15 is 0 Å². The van der Waals surface area contributed by atoms with Crippen molar-refractivity contribution in [1.82, 2.24) is 10.1 Å². The number of methoxy groups -OCH3 is 1. The number of aromatic nitrogens is 2. The van der Waals surface area contributed by atoms with Gasteiger partial charge in [-0.2, -0.15) is 4.98 Å². The molecule has 0 spiro atoms. The fourth-order valence-electron chi connectivity index (χ4n) is 1.34. The number of hydrogen-bond donors (Lipinski definition) is 1. The van der Waals surface area contributed by atoms with Gasteiger partial charge in [-0.1, -0.05) is 5.16 Å². The highest BCUT2D eigenvalue weighted by Crippen LogP contribution is 2.28. The maximum absolute atomic E-state index is 12.8. The molecule has 0 saturated carbocycles. The van der Waals surface area contributed by atoms with Crippen molar-refractivity contribution >= 4 is 0 Å². The van der Waals surface area contributed by atoms with E-state index in [-0.39, 0.29) is 11.6 Å². The lowest BCUT2D eigenvalue weighted by atomic mass is 10.2. The first-order chi connectivity index (χ1) is 8.20. The molecular formula is C11H11FN2O3. The second-order valence-corrected chi connectivity index (χ2v) is 3.42. The Bertz CT molecular complexity index is 513. The molecule has 6 heteroatoms. The molecule has 0 radical (unpaired) electrons. The van der Waals surface area contributed by atoms with Gasteiger partial charge in [0.05, 0.1) is 12.2 Å². The Morgan fingerprint density at radius 1 is 1.47 bits per heavy atom. The number of aromatic hydroxyl groups is 1. The Morgan fingerprint density at radius 2 is 2.29 bits per heavy atom. The number of nitrogens with zero attached hydrogens (tertiary/aromatic N) is 2. The van der Waals surface area contributed by atoms with Crippen molar-refractivity contribution < 1.29 is 18.8 Å². The molecule has 5 nitrogen and oxygen atoms in total. The van der Waals surface area contributed by atoms with Crippen LogP contribution in [0.2, 0.25) is 0 Å². The highest BCUT2D eigenvalue weighted by Gasteiger charge is 2.13. The Kier molecular flexibility index (Phi) is 3.34. The molecule has 2 rings (SSSR count). The van der Waals surface area contributed by atoms with Gasteiger partial charge in [0, 0.05) is 19.6 Å². The standard InChI is InChI=1S/C11H11FN2O3/c1-16-5-4-10-13-11(17-14-10)8-3-2-7(12)6-9(8)15/h2-3,6,15H,4-5H2,1H3. The number of hydrogen-bond acceptors (Lipinski definition) is 5. The molecular weight excluding hydrogens is 227 g/mol. The molecule has 0 amide bonds. The normalized spacial score (nSPS) is 10.7. The Labute approximate surface area is 96.8 Å². The first-order valence-electron chi connectivity index (χ1n) is 5.01. The van der Waals surface area contributed by atoms with Gasteiger partial charge in [0.15, 0.2) is 5.82 Å². The molecule has 0 saturated heterocycles. The molecule has 0 aliphatic rings. The SMILES string of the molecule is COCCc1noc(-c2ccc(F)cc2O)n1. The minimum atomic E-state index is -0.523. The average molecular weight is 238 g/mol. The number of phenols is 1. The molecule has 1 aromatic carbocycles. The van der Waals surface area contributed by atoms with Gasteiger partial charge in [-0.25, -0.2) is 4.39 Å². The number of phenolic OH excluding ortho intramolecular Hbond substituents is 1. The lowest BCUT2D eigenvalue weighted by Crippen LogP contribution is -1.96. The van der Waals surface area contributed by atoms with E-state index in [4.69, 9.17) is 9.26 Å². The number of benzene rings is 1. The van der Waals surface area contributed by atoms with E-state index in [1.165, 1.54) is 12.1 Å². The molecule has 2 aromatic rings. The van der Waals surface area contributed by atoms with Gasteiger partial charge >= 0.3 is 0 Å². The highest BCUT2D eigenvalue weighted by atomic mass is 19.1. The zero-order valence-electron chi connectivity index (χ0n) is 9.18. The molecule has 1 heterocycles. The van der Waals surface area contributed by atoms with Gasteiger partial charge in [-0.15, -0.1) is 0 Å². The van der Waals surface area contributed by atoms with Crippen LogP contribution >= 0.6 is 0 Å². The summed E-state index contributed by atoms with van der Waals surface area (Å²) >= 11 is 0. The summed E-state index contributed by atoms with van der Waals surface area (Å²) in [5.41, 5.74) is 0.308. The predicted molar refractivity (Wildman–Crippen MR) is 56.9 cm³/mol. The van der Waals surface area contributed by atoms with Crippen molar-refractivity contribution in [1.29, 1.82) is 0 Å². The predicted octanol–water partition coefficient (Wildman–Crippen LogP) is 1.77. The van der Waals surface area contributed by atoms with E-state index in [2.05, 4.69) is 10.1 Å². The second kappa shape index (κ2) is 4.92. The summed E-state index contributed by atoms with van der Waals surface area (Å²) in [6, 6.07) is 3.60. The lowest BCUT2D eigenvalue weighted by Gasteiger charge is -1.98. The lowest BCUT2D eigenvalue weighted by molar-refractivity contribution is 0.199. The molecule has 0 unspecified atom stereocenters. The summed E-state index contributed by atoms with van der Waals surface area (Å²) in [5.74, 6) is -0.114. The van der Waals surface area contributed by atoms with Crippen LogP contribution in [-0.4, -0.2) is 29.0 Å². The third-order valence-electron chi connectivity index (χ3n) is 2.19. The Morgan fingerprint density at radius 3 is 3.00 bits per heavy atom. The van der Waals surface area contributed by atoms with Crippen molar-refractivity contribution in [3.05, 3.63) is 29.8 Å². The van der Waals surface area contributed by atoms with Crippen molar-refractivity contribution in [2.75, 3.05) is 13.7 Å². The quantitative estimate of drug-likeness (QED) is 0.879. The molecule has 0 bridgehead atoms. The van der Waals surface area contributed by atoms with Gasteiger partial charge in [0.25, 0.3) is 5.89 Å². The highest BCUT2D eigenvalue weighted by molar-refractivity contribution is 5.61. The maximum Gasteiger partial charge on any atom is 0.261 e. The van der Waals surface area contributed by atoms with Crippen LogP contribution in [-0.2, 0) is 11.2 Å². The minimum Gasteiger partial charge on any atom is -0.507 e. The van der Waals surface area contributed by atoms with Crippen LogP contribution in [0.15, 0.2) is 22.7 Å². The van der Waals surface area contributed by atoms with Gasteiger partial charge < -0.3 is 14.4 Å². The van der Waals surface area contributed by atoms with E-state index in [1.54, 1.807) is 7.11 Å². The first kappa shape index (κ1) is 11.5. The summed E-state index contributed by atoms with van der Waals surface area (Å²) in [5, 5.41) is 13.3.